The number of nitrogens with zero attached hydrogens (tertiary/aromatic N) is 1. The zero-order valence-corrected chi connectivity index (χ0v) is 4.49. The molecule has 0 aromatic heterocycles. The third-order valence-corrected chi connectivity index (χ3v) is 0.651. The molecule has 0 bridgehead atoms. The number of rotatable bonds is 4. The fourth-order valence-corrected chi connectivity index (χ4v) is 0.301. The quantitative estimate of drug-likeness (QED) is 0.248. The van der Waals surface area contributed by atoms with Gasteiger partial charge in [-0.2, -0.15) is 5.48 Å². The molecule has 0 aromatic carbocycles. The van der Waals surface area contributed by atoms with Crippen LogP contribution in [-0.2, 0) is 0 Å². The van der Waals surface area contributed by atoms with Crippen molar-refractivity contribution in [2.45, 2.75) is 0 Å². The van der Waals surface area contributed by atoms with E-state index < -0.39 is 0 Å². The van der Waals surface area contributed by atoms with Crippen molar-refractivity contribution in [1.82, 2.24) is 5.06 Å². The van der Waals surface area contributed by atoms with E-state index in [1.54, 1.807) is 0 Å². The molecule has 5 nitrogen and oxygen atoms in total. The molecule has 5 heteroatoms. The Bertz CT molecular complexity index is 45.8. The zero-order valence-electron chi connectivity index (χ0n) is 4.49. The first-order valence-corrected chi connectivity index (χ1v) is 2.32. The maximum absolute atomic E-state index is 8.53. The van der Waals surface area contributed by atoms with Crippen LogP contribution in [0.1, 0.15) is 0 Å². The minimum atomic E-state index is -0.107. The number of aliphatic hydroxyl groups excluding tert-OH is 1. The summed E-state index contributed by atoms with van der Waals surface area (Å²) in [4.78, 5) is 0. The number of nitrogens with two attached hydrogens (primary N) is 1. The normalized spacial score (nSPS) is 10.5. The Hall–Kier alpha value is -0.200. The van der Waals surface area contributed by atoms with Gasteiger partial charge < -0.3 is 10.3 Å². The fraction of sp³-hybridized carbons (Fsp3) is 1.00. The van der Waals surface area contributed by atoms with Crippen LogP contribution in [0.5, 0.6) is 0 Å². The molecule has 0 aromatic rings. The van der Waals surface area contributed by atoms with Gasteiger partial charge in [0.25, 0.3) is 0 Å². The molecule has 0 unspecified atom stereocenters. The Kier molecular flexibility index (Phi) is 4.82. The molecule has 5 N–H and O–H groups in total. The van der Waals surface area contributed by atoms with E-state index in [-0.39, 0.29) is 19.8 Å². The Morgan fingerprint density at radius 2 is 2.12 bits per heavy atom. The molecule has 0 saturated carbocycles. The molecule has 8 heavy (non-hydrogen) atoms. The Labute approximate surface area is 47.1 Å². The summed E-state index contributed by atoms with van der Waals surface area (Å²) in [6.07, 6.45) is 0. The van der Waals surface area contributed by atoms with Gasteiger partial charge in [0.15, 0.2) is 6.67 Å². The molecule has 0 saturated heterocycles. The summed E-state index contributed by atoms with van der Waals surface area (Å²) in [5.41, 5.74) is 0.815. The largest absolute Gasteiger partial charge is 0.395 e. The molecule has 0 aliphatic carbocycles. The van der Waals surface area contributed by atoms with Gasteiger partial charge in [-0.1, -0.05) is 0 Å². The van der Waals surface area contributed by atoms with Crippen molar-refractivity contribution >= 4 is 0 Å². The third-order valence-electron chi connectivity index (χ3n) is 0.651. The van der Waals surface area contributed by atoms with E-state index in [0.29, 0.717) is 0 Å². The van der Waals surface area contributed by atoms with E-state index in [9.17, 15) is 0 Å². The Morgan fingerprint density at radius 1 is 1.50 bits per heavy atom. The predicted molar refractivity (Wildman–Crippen MR) is 24.2 cm³/mol. The molecule has 0 radical (unpaired) electrons. The van der Waals surface area contributed by atoms with Crippen LogP contribution in [0.3, 0.4) is 0 Å². The van der Waals surface area contributed by atoms with Crippen molar-refractivity contribution in [3.63, 3.8) is 0 Å². The molecular weight excluding hydrogens is 112 g/mol. The Morgan fingerprint density at radius 3 is 2.50 bits per heavy atom. The number of hydrogen-bond donors (Lipinski definition) is 4. The highest BCUT2D eigenvalue weighted by Crippen LogP contribution is 1.69. The van der Waals surface area contributed by atoms with Crippen LogP contribution in [-0.4, -0.2) is 40.4 Å². The van der Waals surface area contributed by atoms with Crippen molar-refractivity contribution in [2.75, 3.05) is 19.8 Å². The summed E-state index contributed by atoms with van der Waals surface area (Å²) in [5, 5.41) is 25.6. The number of hydrogen-bond acceptors (Lipinski definition) is 4. The van der Waals surface area contributed by atoms with Crippen LogP contribution in [0, 0.1) is 0 Å². The average molecular weight is 123 g/mol. The van der Waals surface area contributed by atoms with Gasteiger partial charge in [0.1, 0.15) is 0 Å². The second kappa shape index (κ2) is 4.95. The number of aliphatic hydroxyl groups is 1. The van der Waals surface area contributed by atoms with Crippen molar-refractivity contribution in [3.8, 4) is 0 Å². The highest BCUT2D eigenvalue weighted by molar-refractivity contribution is 4.29. The first kappa shape index (κ1) is 7.80. The summed E-state index contributed by atoms with van der Waals surface area (Å²) in [6.45, 7) is 0.127. The second-order valence-electron chi connectivity index (χ2n) is 1.32. The maximum Gasteiger partial charge on any atom is 0.183 e. The van der Waals surface area contributed by atoms with Crippen molar-refractivity contribution in [1.29, 1.82) is 0 Å². The molecule has 0 fully saturated rings. The Balaban J connectivity index is 2.92. The fourth-order valence-electron chi connectivity index (χ4n) is 0.301. The van der Waals surface area contributed by atoms with E-state index in [1.807, 2.05) is 0 Å². The van der Waals surface area contributed by atoms with Crippen LogP contribution >= 0.6 is 0 Å². The van der Waals surface area contributed by atoms with Gasteiger partial charge in [-0.15, -0.1) is 5.06 Å². The second-order valence-corrected chi connectivity index (χ2v) is 1.32. The van der Waals surface area contributed by atoms with Gasteiger partial charge in [-0.3, -0.25) is 0 Å². The van der Waals surface area contributed by atoms with Gasteiger partial charge >= 0.3 is 0 Å². The summed E-state index contributed by atoms with van der Waals surface area (Å²) >= 11 is 0. The number of quaternary nitrogens is 1. The van der Waals surface area contributed by atoms with E-state index in [1.165, 1.54) is 0 Å². The van der Waals surface area contributed by atoms with E-state index in [4.69, 9.17) is 15.5 Å². The number of hydroxylamine groups is 3. The van der Waals surface area contributed by atoms with Crippen LogP contribution in [0.15, 0.2) is 0 Å². The van der Waals surface area contributed by atoms with Crippen LogP contribution in [0.4, 0.5) is 0 Å². The SMILES string of the molecule is OCCN(O)C[NH2+]O. The lowest BCUT2D eigenvalue weighted by molar-refractivity contribution is -0.900. The van der Waals surface area contributed by atoms with Gasteiger partial charge in [0, 0.05) is 0 Å². The molecule has 0 aliphatic rings. The zero-order chi connectivity index (χ0) is 6.41. The minimum Gasteiger partial charge on any atom is -0.395 e. The molecule has 50 valence electrons. The maximum atomic E-state index is 8.53. The smallest absolute Gasteiger partial charge is 0.183 e. The van der Waals surface area contributed by atoms with Crippen LogP contribution < -0.4 is 5.48 Å². The van der Waals surface area contributed by atoms with Crippen molar-refractivity contribution in [3.05, 3.63) is 0 Å². The first-order valence-electron chi connectivity index (χ1n) is 2.32. The summed E-state index contributed by atoms with van der Waals surface area (Å²) in [5.74, 6) is 0. The lowest BCUT2D eigenvalue weighted by Gasteiger charge is -2.06. The summed E-state index contributed by atoms with van der Waals surface area (Å²) in [7, 11) is 0. The summed E-state index contributed by atoms with van der Waals surface area (Å²) in [6, 6.07) is 0. The van der Waals surface area contributed by atoms with Crippen molar-refractivity contribution < 1.29 is 21.0 Å². The molecule has 0 amide bonds. The molecule has 0 atom stereocenters. The van der Waals surface area contributed by atoms with E-state index in [0.717, 1.165) is 10.5 Å². The highest BCUT2D eigenvalue weighted by Gasteiger charge is 1.96. The summed E-state index contributed by atoms with van der Waals surface area (Å²) < 4.78 is 0. The van der Waals surface area contributed by atoms with Gasteiger partial charge in [0.05, 0.1) is 13.2 Å². The molecule has 0 rings (SSSR count). The molecule has 0 spiro atoms. The molecular formula is C3H11N2O3+. The van der Waals surface area contributed by atoms with Crippen molar-refractivity contribution in [2.24, 2.45) is 0 Å². The first-order chi connectivity index (χ1) is 3.81. The lowest BCUT2D eigenvalue weighted by atomic mass is 10.7. The van der Waals surface area contributed by atoms with E-state index in [2.05, 4.69) is 0 Å². The monoisotopic (exact) mass is 123 g/mol. The highest BCUT2D eigenvalue weighted by atomic mass is 16.5. The van der Waals surface area contributed by atoms with Crippen LogP contribution in [0.25, 0.3) is 0 Å². The molecule has 0 aliphatic heterocycles. The standard InChI is InChI=1S/C3H10N2O3/c6-2-1-5(8)3-4-7/h4,6-8H,1-3H2/p+1. The predicted octanol–water partition coefficient (Wildman–Crippen LogP) is -2.42. The lowest BCUT2D eigenvalue weighted by Crippen LogP contribution is -2.83. The van der Waals surface area contributed by atoms with Gasteiger partial charge in [-0.05, 0) is 0 Å². The third kappa shape index (κ3) is 3.97. The van der Waals surface area contributed by atoms with Gasteiger partial charge in [-0.25, -0.2) is 5.21 Å². The van der Waals surface area contributed by atoms with Gasteiger partial charge in [0.2, 0.25) is 0 Å². The van der Waals surface area contributed by atoms with Crippen LogP contribution in [0.2, 0.25) is 0 Å². The topological polar surface area (TPSA) is 80.5 Å². The van der Waals surface area contributed by atoms with E-state index >= 15 is 0 Å². The minimum absolute atomic E-state index is 0.0700. The average Bonchev–Trinajstić information content (AvgIpc) is 1.68. The molecule has 0 heterocycles.